The van der Waals surface area contributed by atoms with Gasteiger partial charge >= 0.3 is 0 Å². The van der Waals surface area contributed by atoms with Gasteiger partial charge in [-0.3, -0.25) is 0 Å². The summed E-state index contributed by atoms with van der Waals surface area (Å²) in [7, 11) is 0. The Morgan fingerprint density at radius 2 is 2.00 bits per heavy atom. The van der Waals surface area contributed by atoms with E-state index in [9.17, 15) is 0 Å². The molecule has 0 amide bonds. The van der Waals surface area contributed by atoms with Crippen LogP contribution in [0.3, 0.4) is 0 Å². The molecule has 1 fully saturated rings. The number of hydrogen-bond acceptors (Lipinski definition) is 2. The minimum atomic E-state index is 0.576. The third-order valence-electron chi connectivity index (χ3n) is 3.79. The monoisotopic (exact) mass is 264 g/mol. The molecule has 3 nitrogen and oxygen atoms in total. The van der Waals surface area contributed by atoms with Crippen LogP contribution in [0.15, 0.2) is 18.2 Å². The number of nitrogens with one attached hydrogen (secondary N) is 1. The van der Waals surface area contributed by atoms with Gasteiger partial charge < -0.3 is 14.4 Å². The van der Waals surface area contributed by atoms with Crippen LogP contribution in [0.1, 0.15) is 30.9 Å². The summed E-state index contributed by atoms with van der Waals surface area (Å²) in [4.78, 5) is 1.58. The van der Waals surface area contributed by atoms with Gasteiger partial charge in [-0.1, -0.05) is 19.9 Å². The quantitative estimate of drug-likeness (QED) is 0.869. The third kappa shape index (κ3) is 4.22. The lowest BCUT2D eigenvalue weighted by molar-refractivity contribution is -0.908. The van der Waals surface area contributed by atoms with Crippen LogP contribution in [0.4, 0.5) is 0 Å². The molecule has 1 saturated heterocycles. The fourth-order valence-corrected chi connectivity index (χ4v) is 2.61. The number of quaternary nitrogens is 1. The van der Waals surface area contributed by atoms with Crippen molar-refractivity contribution in [1.29, 1.82) is 0 Å². The Kier molecular flexibility index (Phi) is 5.23. The molecule has 1 aliphatic heterocycles. The Balaban J connectivity index is 1.81. The van der Waals surface area contributed by atoms with E-state index in [1.165, 1.54) is 11.1 Å². The van der Waals surface area contributed by atoms with Crippen LogP contribution in [-0.4, -0.2) is 39.5 Å². The van der Waals surface area contributed by atoms with Crippen LogP contribution in [0.25, 0.3) is 0 Å². The van der Waals surface area contributed by atoms with Gasteiger partial charge in [0.15, 0.2) is 0 Å². The SMILES string of the molecule is Cc1cc(OCC[NH+]2CCOCC2)ccc1C(C)C. The summed E-state index contributed by atoms with van der Waals surface area (Å²) < 4.78 is 11.2. The molecule has 0 atom stereocenters. The maximum Gasteiger partial charge on any atom is 0.137 e. The van der Waals surface area contributed by atoms with Gasteiger partial charge in [0.2, 0.25) is 0 Å². The molecule has 106 valence electrons. The fourth-order valence-electron chi connectivity index (χ4n) is 2.61. The second kappa shape index (κ2) is 6.92. The lowest BCUT2D eigenvalue weighted by Crippen LogP contribution is -3.14. The Morgan fingerprint density at radius 1 is 1.26 bits per heavy atom. The zero-order chi connectivity index (χ0) is 13.7. The molecule has 0 bridgehead atoms. The molecule has 0 unspecified atom stereocenters. The molecule has 19 heavy (non-hydrogen) atoms. The van der Waals surface area contributed by atoms with E-state index >= 15 is 0 Å². The Morgan fingerprint density at radius 3 is 2.63 bits per heavy atom. The van der Waals surface area contributed by atoms with Crippen molar-refractivity contribution >= 4 is 0 Å². The number of ether oxygens (including phenoxy) is 2. The minimum Gasteiger partial charge on any atom is -0.488 e. The summed E-state index contributed by atoms with van der Waals surface area (Å²) >= 11 is 0. The molecule has 0 spiro atoms. The van der Waals surface area contributed by atoms with Crippen LogP contribution < -0.4 is 9.64 Å². The average Bonchev–Trinajstić information content (AvgIpc) is 2.39. The highest BCUT2D eigenvalue weighted by Gasteiger charge is 2.13. The van der Waals surface area contributed by atoms with Gasteiger partial charge in [-0.15, -0.1) is 0 Å². The third-order valence-corrected chi connectivity index (χ3v) is 3.79. The number of aryl methyl sites for hydroxylation is 1. The van der Waals surface area contributed by atoms with Gasteiger partial charge in [0.05, 0.1) is 13.2 Å². The van der Waals surface area contributed by atoms with Crippen molar-refractivity contribution in [3.63, 3.8) is 0 Å². The first-order valence-corrected chi connectivity index (χ1v) is 7.31. The molecule has 0 radical (unpaired) electrons. The molecule has 1 aliphatic rings. The first-order chi connectivity index (χ1) is 9.16. The molecular weight excluding hydrogens is 238 g/mol. The topological polar surface area (TPSA) is 22.9 Å². The zero-order valence-electron chi connectivity index (χ0n) is 12.4. The standard InChI is InChI=1S/C16H25NO2/c1-13(2)16-5-4-15(12-14(16)3)19-11-8-17-6-9-18-10-7-17/h4-5,12-13H,6-11H2,1-3H3/p+1. The zero-order valence-corrected chi connectivity index (χ0v) is 12.4. The van der Waals surface area contributed by atoms with Crippen molar-refractivity contribution in [3.05, 3.63) is 29.3 Å². The summed E-state index contributed by atoms with van der Waals surface area (Å²) in [5, 5.41) is 0. The van der Waals surface area contributed by atoms with Crippen molar-refractivity contribution in [2.75, 3.05) is 39.5 Å². The highest BCUT2D eigenvalue weighted by molar-refractivity contribution is 5.36. The molecular formula is C16H26NO2+. The number of morpholine rings is 1. The lowest BCUT2D eigenvalue weighted by atomic mass is 9.98. The van der Waals surface area contributed by atoms with E-state index in [2.05, 4.69) is 39.0 Å². The van der Waals surface area contributed by atoms with Gasteiger partial charge in [-0.05, 0) is 36.1 Å². The van der Waals surface area contributed by atoms with E-state index in [0.717, 1.165) is 45.2 Å². The maximum atomic E-state index is 5.86. The molecule has 3 heteroatoms. The predicted octanol–water partition coefficient (Wildman–Crippen LogP) is 1.41. The van der Waals surface area contributed by atoms with E-state index in [4.69, 9.17) is 9.47 Å². The van der Waals surface area contributed by atoms with E-state index in [1.807, 2.05) is 0 Å². The van der Waals surface area contributed by atoms with Gasteiger partial charge in [0, 0.05) is 0 Å². The summed E-state index contributed by atoms with van der Waals surface area (Å²) in [5.74, 6) is 1.57. The largest absolute Gasteiger partial charge is 0.488 e. The first-order valence-electron chi connectivity index (χ1n) is 7.31. The summed E-state index contributed by atoms with van der Waals surface area (Å²) in [6.45, 7) is 12.5. The van der Waals surface area contributed by atoms with Crippen LogP contribution >= 0.6 is 0 Å². The maximum absolute atomic E-state index is 5.86. The van der Waals surface area contributed by atoms with E-state index in [1.54, 1.807) is 4.90 Å². The second-order valence-electron chi connectivity index (χ2n) is 5.63. The number of hydrogen-bond donors (Lipinski definition) is 1. The summed E-state index contributed by atoms with van der Waals surface area (Å²) in [6.07, 6.45) is 0. The first kappa shape index (κ1) is 14.4. The minimum absolute atomic E-state index is 0.576. The molecule has 1 aromatic rings. The normalized spacial score (nSPS) is 16.8. The molecule has 0 aliphatic carbocycles. The molecule has 1 heterocycles. The fraction of sp³-hybridized carbons (Fsp3) is 0.625. The van der Waals surface area contributed by atoms with Gasteiger partial charge in [-0.2, -0.15) is 0 Å². The highest BCUT2D eigenvalue weighted by atomic mass is 16.5. The molecule has 1 N–H and O–H groups in total. The second-order valence-corrected chi connectivity index (χ2v) is 5.63. The highest BCUT2D eigenvalue weighted by Crippen LogP contribution is 2.23. The predicted molar refractivity (Wildman–Crippen MR) is 77.1 cm³/mol. The van der Waals surface area contributed by atoms with Crippen LogP contribution in [0.2, 0.25) is 0 Å². The van der Waals surface area contributed by atoms with E-state index in [-0.39, 0.29) is 0 Å². The molecule has 0 aromatic heterocycles. The van der Waals surface area contributed by atoms with Gasteiger partial charge in [0.25, 0.3) is 0 Å². The number of benzene rings is 1. The Labute approximate surface area is 116 Å². The van der Waals surface area contributed by atoms with Crippen LogP contribution in [0.5, 0.6) is 5.75 Å². The Hall–Kier alpha value is -1.06. The average molecular weight is 264 g/mol. The lowest BCUT2D eigenvalue weighted by Gasteiger charge is -2.23. The van der Waals surface area contributed by atoms with E-state index in [0.29, 0.717) is 5.92 Å². The van der Waals surface area contributed by atoms with Gasteiger partial charge in [-0.25, -0.2) is 0 Å². The van der Waals surface area contributed by atoms with Crippen molar-refractivity contribution in [2.24, 2.45) is 0 Å². The number of rotatable bonds is 5. The van der Waals surface area contributed by atoms with Crippen LogP contribution in [-0.2, 0) is 4.74 Å². The summed E-state index contributed by atoms with van der Waals surface area (Å²) in [6, 6.07) is 6.44. The van der Waals surface area contributed by atoms with Crippen LogP contribution in [0, 0.1) is 6.92 Å². The smallest absolute Gasteiger partial charge is 0.137 e. The molecule has 1 aromatic carbocycles. The molecule has 0 saturated carbocycles. The van der Waals surface area contributed by atoms with Crippen molar-refractivity contribution in [3.8, 4) is 5.75 Å². The van der Waals surface area contributed by atoms with Crippen molar-refractivity contribution in [1.82, 2.24) is 0 Å². The Bertz CT molecular complexity index is 398. The van der Waals surface area contributed by atoms with Crippen molar-refractivity contribution < 1.29 is 14.4 Å². The van der Waals surface area contributed by atoms with E-state index < -0.39 is 0 Å². The van der Waals surface area contributed by atoms with Crippen molar-refractivity contribution in [2.45, 2.75) is 26.7 Å². The molecule has 2 rings (SSSR count). The van der Waals surface area contributed by atoms with Gasteiger partial charge in [0.1, 0.15) is 32.0 Å². The summed E-state index contributed by atoms with van der Waals surface area (Å²) in [5.41, 5.74) is 2.73.